The molecule has 2 heterocycles. The second-order valence-electron chi connectivity index (χ2n) is 4.47. The van der Waals surface area contributed by atoms with Crippen LogP contribution in [0, 0.1) is 6.92 Å². The average molecular weight is 218 g/mol. The normalized spacial score (nSPS) is 18.6. The van der Waals surface area contributed by atoms with Gasteiger partial charge < -0.3 is 4.79 Å². The topological polar surface area (TPSA) is 33.2 Å². The van der Waals surface area contributed by atoms with E-state index in [1.54, 1.807) is 0 Å². The number of rotatable bonds is 2. The summed E-state index contributed by atoms with van der Waals surface area (Å²) in [4.78, 5) is 17.6. The monoisotopic (exact) mass is 218 g/mol. The number of hydrogen-bond acceptors (Lipinski definition) is 3. The Morgan fingerprint density at radius 3 is 2.88 bits per heavy atom. The first-order valence-electron chi connectivity index (χ1n) is 5.85. The molecule has 0 N–H and O–H groups in total. The molecule has 0 aromatic carbocycles. The van der Waals surface area contributed by atoms with Crippen molar-refractivity contribution in [2.75, 3.05) is 13.1 Å². The zero-order valence-electron chi connectivity index (χ0n) is 9.94. The summed E-state index contributed by atoms with van der Waals surface area (Å²) in [7, 11) is 0. The largest absolute Gasteiger partial charge is 0.302 e. The van der Waals surface area contributed by atoms with Crippen molar-refractivity contribution in [2.24, 2.45) is 0 Å². The lowest BCUT2D eigenvalue weighted by atomic mass is 10.1. The van der Waals surface area contributed by atoms with Crippen molar-refractivity contribution < 1.29 is 4.79 Å². The van der Waals surface area contributed by atoms with Crippen LogP contribution in [0.1, 0.15) is 23.9 Å². The third kappa shape index (κ3) is 2.30. The van der Waals surface area contributed by atoms with Gasteiger partial charge in [-0.25, -0.2) is 0 Å². The average Bonchev–Trinajstić information content (AvgIpc) is 2.50. The van der Waals surface area contributed by atoms with Crippen LogP contribution in [0.3, 0.4) is 0 Å². The van der Waals surface area contributed by atoms with E-state index in [9.17, 15) is 4.79 Å². The lowest BCUT2D eigenvalue weighted by molar-refractivity contribution is -0.111. The van der Waals surface area contributed by atoms with E-state index in [0.717, 1.165) is 37.9 Å². The van der Waals surface area contributed by atoms with E-state index < -0.39 is 0 Å². The summed E-state index contributed by atoms with van der Waals surface area (Å²) in [5, 5.41) is 0. The number of aldehydes is 1. The van der Waals surface area contributed by atoms with E-state index in [-0.39, 0.29) is 6.04 Å². The van der Waals surface area contributed by atoms with Crippen molar-refractivity contribution in [1.29, 1.82) is 0 Å². The summed E-state index contributed by atoms with van der Waals surface area (Å²) < 4.78 is 0. The molecule has 0 aliphatic carbocycles. The number of carbonyl (C=O) groups excluding carboxylic acids is 1. The van der Waals surface area contributed by atoms with Crippen LogP contribution in [0.2, 0.25) is 0 Å². The highest BCUT2D eigenvalue weighted by Gasteiger charge is 2.18. The second kappa shape index (κ2) is 4.74. The van der Waals surface area contributed by atoms with Gasteiger partial charge in [0.1, 0.15) is 6.29 Å². The van der Waals surface area contributed by atoms with E-state index in [2.05, 4.69) is 22.0 Å². The maximum atomic E-state index is 10.8. The summed E-state index contributed by atoms with van der Waals surface area (Å²) in [5.74, 6) is 0. The summed E-state index contributed by atoms with van der Waals surface area (Å²) >= 11 is 0. The third-order valence-electron chi connectivity index (χ3n) is 3.28. The fourth-order valence-electron chi connectivity index (χ4n) is 2.20. The van der Waals surface area contributed by atoms with Gasteiger partial charge in [-0.15, -0.1) is 0 Å². The number of carbonyl (C=O) groups is 1. The molecule has 0 radical (unpaired) electrons. The number of aryl methyl sites for hydroxylation is 1. The summed E-state index contributed by atoms with van der Waals surface area (Å²) in [5.41, 5.74) is 3.63. The number of hydrogen-bond donors (Lipinski definition) is 0. The molecule has 1 unspecified atom stereocenters. The molecule has 0 fully saturated rings. The summed E-state index contributed by atoms with van der Waals surface area (Å²) in [6.07, 6.45) is 2.98. The standard InChI is InChI=1S/C13H18N2O/c1-10-3-4-12-5-7-15(11(2)9-16)8-6-13(12)14-10/h3-4,9,11H,5-8H2,1-2H3. The van der Waals surface area contributed by atoms with Crippen LogP contribution in [0.5, 0.6) is 0 Å². The third-order valence-corrected chi connectivity index (χ3v) is 3.28. The molecule has 3 nitrogen and oxygen atoms in total. The van der Waals surface area contributed by atoms with Crippen LogP contribution in [0.15, 0.2) is 12.1 Å². The Balaban J connectivity index is 2.15. The van der Waals surface area contributed by atoms with E-state index >= 15 is 0 Å². The van der Waals surface area contributed by atoms with E-state index in [0.29, 0.717) is 0 Å². The zero-order chi connectivity index (χ0) is 11.5. The maximum absolute atomic E-state index is 10.8. The smallest absolute Gasteiger partial charge is 0.136 e. The lowest BCUT2D eigenvalue weighted by Gasteiger charge is -2.22. The number of aromatic nitrogens is 1. The number of pyridine rings is 1. The van der Waals surface area contributed by atoms with Crippen molar-refractivity contribution in [3.05, 3.63) is 29.1 Å². The van der Waals surface area contributed by atoms with Crippen molar-refractivity contribution in [1.82, 2.24) is 9.88 Å². The summed E-state index contributed by atoms with van der Waals surface area (Å²) in [6.45, 7) is 5.87. The fraction of sp³-hybridized carbons (Fsp3) is 0.538. The SMILES string of the molecule is Cc1ccc2c(n1)CCN(C(C)C=O)CC2. The molecular formula is C13H18N2O. The molecule has 1 aliphatic heterocycles. The molecule has 0 spiro atoms. The summed E-state index contributed by atoms with van der Waals surface area (Å²) in [6, 6.07) is 4.26. The van der Waals surface area contributed by atoms with E-state index in [1.165, 1.54) is 11.3 Å². The zero-order valence-corrected chi connectivity index (χ0v) is 9.94. The molecule has 1 aromatic heterocycles. The quantitative estimate of drug-likeness (QED) is 0.703. The molecule has 0 saturated heterocycles. The molecule has 3 heteroatoms. The minimum absolute atomic E-state index is 0.0235. The Morgan fingerprint density at radius 1 is 1.38 bits per heavy atom. The van der Waals surface area contributed by atoms with Gasteiger partial charge in [0, 0.05) is 30.9 Å². The minimum atomic E-state index is 0.0235. The lowest BCUT2D eigenvalue weighted by Crippen LogP contribution is -2.36. The van der Waals surface area contributed by atoms with Crippen LogP contribution in [-0.4, -0.2) is 35.3 Å². The van der Waals surface area contributed by atoms with Gasteiger partial charge in [0.2, 0.25) is 0 Å². The van der Waals surface area contributed by atoms with E-state index in [1.807, 2.05) is 13.8 Å². The first kappa shape index (κ1) is 11.3. The minimum Gasteiger partial charge on any atom is -0.302 e. The van der Waals surface area contributed by atoms with Gasteiger partial charge in [0.25, 0.3) is 0 Å². The Bertz CT molecular complexity index is 390. The molecule has 2 rings (SSSR count). The fourth-order valence-corrected chi connectivity index (χ4v) is 2.20. The van der Waals surface area contributed by atoms with Gasteiger partial charge in [-0.2, -0.15) is 0 Å². The highest BCUT2D eigenvalue weighted by atomic mass is 16.1. The Kier molecular flexibility index (Phi) is 3.34. The van der Waals surface area contributed by atoms with E-state index in [4.69, 9.17) is 0 Å². The predicted octanol–water partition coefficient (Wildman–Crippen LogP) is 1.38. The Morgan fingerprint density at radius 2 is 2.12 bits per heavy atom. The van der Waals surface area contributed by atoms with Crippen LogP contribution >= 0.6 is 0 Å². The molecule has 1 aromatic rings. The molecule has 0 saturated carbocycles. The molecular weight excluding hydrogens is 200 g/mol. The maximum Gasteiger partial charge on any atom is 0.136 e. The number of fused-ring (bicyclic) bond motifs is 1. The van der Waals surface area contributed by atoms with Gasteiger partial charge in [0.15, 0.2) is 0 Å². The van der Waals surface area contributed by atoms with Gasteiger partial charge in [-0.05, 0) is 31.9 Å². The van der Waals surface area contributed by atoms with Crippen LogP contribution < -0.4 is 0 Å². The number of nitrogens with zero attached hydrogens (tertiary/aromatic N) is 2. The first-order chi connectivity index (χ1) is 7.70. The van der Waals surface area contributed by atoms with Crippen molar-refractivity contribution in [3.8, 4) is 0 Å². The van der Waals surface area contributed by atoms with Crippen molar-refractivity contribution in [3.63, 3.8) is 0 Å². The van der Waals surface area contributed by atoms with Crippen molar-refractivity contribution >= 4 is 6.29 Å². The van der Waals surface area contributed by atoms with Gasteiger partial charge in [-0.3, -0.25) is 9.88 Å². The molecule has 0 bridgehead atoms. The Labute approximate surface area is 96.5 Å². The molecule has 86 valence electrons. The van der Waals surface area contributed by atoms with Crippen LogP contribution in [0.4, 0.5) is 0 Å². The molecule has 16 heavy (non-hydrogen) atoms. The highest BCUT2D eigenvalue weighted by Crippen LogP contribution is 2.15. The highest BCUT2D eigenvalue weighted by molar-refractivity contribution is 5.56. The van der Waals surface area contributed by atoms with Gasteiger partial charge >= 0.3 is 0 Å². The Hall–Kier alpha value is -1.22. The van der Waals surface area contributed by atoms with Gasteiger partial charge in [0.05, 0.1) is 6.04 Å². The molecule has 1 atom stereocenters. The predicted molar refractivity (Wildman–Crippen MR) is 63.5 cm³/mol. The van der Waals surface area contributed by atoms with Crippen LogP contribution in [0.25, 0.3) is 0 Å². The first-order valence-corrected chi connectivity index (χ1v) is 5.85. The van der Waals surface area contributed by atoms with Gasteiger partial charge in [-0.1, -0.05) is 6.07 Å². The second-order valence-corrected chi connectivity index (χ2v) is 4.47. The van der Waals surface area contributed by atoms with Crippen molar-refractivity contribution in [2.45, 2.75) is 32.7 Å². The van der Waals surface area contributed by atoms with Crippen LogP contribution in [-0.2, 0) is 17.6 Å². The molecule has 0 amide bonds. The molecule has 1 aliphatic rings.